The standard InChI is InChI=1S/C5H10F3NO/c1-4(9)2-10-3-5(6,7)8/h4H,2-3,9H2,1H3/t4-/m0/s1. The van der Waals surface area contributed by atoms with Crippen LogP contribution in [-0.4, -0.2) is 25.4 Å². The van der Waals surface area contributed by atoms with Gasteiger partial charge in [-0.25, -0.2) is 0 Å². The summed E-state index contributed by atoms with van der Waals surface area (Å²) in [6.45, 7) is 0.310. The average molecular weight is 157 g/mol. The van der Waals surface area contributed by atoms with Gasteiger partial charge in [0, 0.05) is 6.04 Å². The Labute approximate surface area is 57.1 Å². The van der Waals surface area contributed by atoms with E-state index < -0.39 is 12.8 Å². The fourth-order valence-corrected chi connectivity index (χ4v) is 0.361. The van der Waals surface area contributed by atoms with Crippen LogP contribution in [0.1, 0.15) is 6.92 Å². The first-order valence-electron chi connectivity index (χ1n) is 2.82. The van der Waals surface area contributed by atoms with Gasteiger partial charge in [0.25, 0.3) is 0 Å². The Hall–Kier alpha value is -0.290. The van der Waals surface area contributed by atoms with Gasteiger partial charge in [0.2, 0.25) is 0 Å². The molecule has 5 heteroatoms. The Balaban J connectivity index is 3.21. The van der Waals surface area contributed by atoms with Crippen LogP contribution < -0.4 is 5.73 Å². The molecule has 0 rings (SSSR count). The molecule has 10 heavy (non-hydrogen) atoms. The molecule has 0 aliphatic heterocycles. The summed E-state index contributed by atoms with van der Waals surface area (Å²) in [7, 11) is 0. The highest BCUT2D eigenvalue weighted by molar-refractivity contribution is 4.51. The highest BCUT2D eigenvalue weighted by Gasteiger charge is 2.27. The molecule has 62 valence electrons. The second kappa shape index (κ2) is 3.78. The van der Waals surface area contributed by atoms with E-state index in [1.54, 1.807) is 6.92 Å². The Morgan fingerprint density at radius 1 is 1.50 bits per heavy atom. The molecule has 2 nitrogen and oxygen atoms in total. The lowest BCUT2D eigenvalue weighted by molar-refractivity contribution is -0.174. The molecule has 0 aromatic heterocycles. The van der Waals surface area contributed by atoms with Crippen LogP contribution in [0, 0.1) is 0 Å². The van der Waals surface area contributed by atoms with Gasteiger partial charge in [-0.3, -0.25) is 0 Å². The number of ether oxygens (including phenoxy) is 1. The number of hydrogen-bond acceptors (Lipinski definition) is 2. The lowest BCUT2D eigenvalue weighted by Gasteiger charge is -2.08. The van der Waals surface area contributed by atoms with Gasteiger partial charge in [-0.1, -0.05) is 0 Å². The van der Waals surface area contributed by atoms with Crippen molar-refractivity contribution in [2.24, 2.45) is 5.73 Å². The van der Waals surface area contributed by atoms with Crippen molar-refractivity contribution in [3.8, 4) is 0 Å². The van der Waals surface area contributed by atoms with Crippen molar-refractivity contribution < 1.29 is 17.9 Å². The highest BCUT2D eigenvalue weighted by atomic mass is 19.4. The molecular formula is C5H10F3NO. The van der Waals surface area contributed by atoms with Crippen molar-refractivity contribution in [1.29, 1.82) is 0 Å². The summed E-state index contributed by atoms with van der Waals surface area (Å²) >= 11 is 0. The van der Waals surface area contributed by atoms with Gasteiger partial charge in [0.1, 0.15) is 6.61 Å². The van der Waals surface area contributed by atoms with Crippen molar-refractivity contribution >= 4 is 0 Å². The van der Waals surface area contributed by atoms with Gasteiger partial charge in [0.05, 0.1) is 6.61 Å². The zero-order valence-electron chi connectivity index (χ0n) is 5.61. The second-order valence-corrected chi connectivity index (χ2v) is 2.11. The van der Waals surface area contributed by atoms with E-state index in [0.29, 0.717) is 0 Å². The van der Waals surface area contributed by atoms with Crippen LogP contribution in [0.3, 0.4) is 0 Å². The molecule has 0 spiro atoms. The minimum atomic E-state index is -4.24. The first-order chi connectivity index (χ1) is 4.42. The first kappa shape index (κ1) is 9.71. The fourth-order valence-electron chi connectivity index (χ4n) is 0.361. The molecule has 0 saturated heterocycles. The molecule has 0 radical (unpaired) electrons. The molecule has 0 aliphatic carbocycles. The number of nitrogens with two attached hydrogens (primary N) is 1. The normalized spacial score (nSPS) is 15.3. The Bertz CT molecular complexity index is 91.4. The van der Waals surface area contributed by atoms with Gasteiger partial charge in [-0.2, -0.15) is 13.2 Å². The molecule has 0 aliphatic rings. The summed E-state index contributed by atoms with van der Waals surface area (Å²) in [6.07, 6.45) is -4.24. The molecule has 0 heterocycles. The maximum atomic E-state index is 11.3. The van der Waals surface area contributed by atoms with Gasteiger partial charge in [-0.15, -0.1) is 0 Å². The molecular weight excluding hydrogens is 147 g/mol. The maximum Gasteiger partial charge on any atom is 0.411 e. The van der Waals surface area contributed by atoms with E-state index in [-0.39, 0.29) is 12.6 Å². The Morgan fingerprint density at radius 3 is 2.30 bits per heavy atom. The van der Waals surface area contributed by atoms with E-state index in [9.17, 15) is 13.2 Å². The smallest absolute Gasteiger partial charge is 0.370 e. The lowest BCUT2D eigenvalue weighted by Crippen LogP contribution is -2.26. The molecule has 0 amide bonds. The summed E-state index contributed by atoms with van der Waals surface area (Å²) in [5.41, 5.74) is 5.13. The molecule has 0 aromatic carbocycles. The first-order valence-corrected chi connectivity index (χ1v) is 2.82. The molecule has 2 N–H and O–H groups in total. The van der Waals surface area contributed by atoms with Gasteiger partial charge >= 0.3 is 6.18 Å². The number of rotatable bonds is 3. The van der Waals surface area contributed by atoms with Crippen LogP contribution >= 0.6 is 0 Å². The monoisotopic (exact) mass is 157 g/mol. The van der Waals surface area contributed by atoms with E-state index in [4.69, 9.17) is 5.73 Å². The Morgan fingerprint density at radius 2 is 2.00 bits per heavy atom. The summed E-state index contributed by atoms with van der Waals surface area (Å²) < 4.78 is 38.2. The van der Waals surface area contributed by atoms with Crippen molar-refractivity contribution in [2.75, 3.05) is 13.2 Å². The highest BCUT2D eigenvalue weighted by Crippen LogP contribution is 2.14. The molecule has 0 saturated carbocycles. The van der Waals surface area contributed by atoms with Crippen LogP contribution in [0.25, 0.3) is 0 Å². The van der Waals surface area contributed by atoms with E-state index in [0.717, 1.165) is 0 Å². The lowest BCUT2D eigenvalue weighted by atomic mass is 10.4. The molecule has 0 aromatic rings. The number of alkyl halides is 3. The summed E-state index contributed by atoms with van der Waals surface area (Å²) in [6, 6.07) is -0.345. The van der Waals surface area contributed by atoms with Crippen LogP contribution in [0.4, 0.5) is 13.2 Å². The van der Waals surface area contributed by atoms with Crippen molar-refractivity contribution in [3.05, 3.63) is 0 Å². The van der Waals surface area contributed by atoms with E-state index in [2.05, 4.69) is 4.74 Å². The van der Waals surface area contributed by atoms with Gasteiger partial charge < -0.3 is 10.5 Å². The van der Waals surface area contributed by atoms with E-state index in [1.807, 2.05) is 0 Å². The summed E-state index contributed by atoms with van der Waals surface area (Å²) in [5, 5.41) is 0. The maximum absolute atomic E-state index is 11.3. The Kier molecular flexibility index (Phi) is 3.67. The average Bonchev–Trinajstić information content (AvgIpc) is 1.59. The molecule has 0 unspecified atom stereocenters. The van der Waals surface area contributed by atoms with Crippen LogP contribution in [0.5, 0.6) is 0 Å². The molecule has 0 fully saturated rings. The zero-order valence-corrected chi connectivity index (χ0v) is 5.61. The topological polar surface area (TPSA) is 35.2 Å². The van der Waals surface area contributed by atoms with E-state index in [1.165, 1.54) is 0 Å². The van der Waals surface area contributed by atoms with Crippen LogP contribution in [-0.2, 0) is 4.74 Å². The van der Waals surface area contributed by atoms with Crippen LogP contribution in [0.2, 0.25) is 0 Å². The predicted molar refractivity (Wildman–Crippen MR) is 30.5 cm³/mol. The van der Waals surface area contributed by atoms with Crippen molar-refractivity contribution in [3.63, 3.8) is 0 Å². The second-order valence-electron chi connectivity index (χ2n) is 2.11. The largest absolute Gasteiger partial charge is 0.411 e. The number of hydrogen-bond donors (Lipinski definition) is 1. The van der Waals surface area contributed by atoms with E-state index >= 15 is 0 Å². The van der Waals surface area contributed by atoms with Gasteiger partial charge in [-0.05, 0) is 6.92 Å². The zero-order chi connectivity index (χ0) is 8.20. The SMILES string of the molecule is C[C@H](N)COCC(F)(F)F. The predicted octanol–water partition coefficient (Wildman–Crippen LogP) is 0.912. The minimum absolute atomic E-state index is 0.0560. The third kappa shape index (κ3) is 7.71. The summed E-state index contributed by atoms with van der Waals surface area (Å²) in [4.78, 5) is 0. The quantitative estimate of drug-likeness (QED) is 0.660. The van der Waals surface area contributed by atoms with Crippen molar-refractivity contribution in [1.82, 2.24) is 0 Å². The third-order valence-electron chi connectivity index (χ3n) is 0.646. The van der Waals surface area contributed by atoms with Crippen molar-refractivity contribution in [2.45, 2.75) is 19.1 Å². The molecule has 1 atom stereocenters. The molecule has 0 bridgehead atoms. The third-order valence-corrected chi connectivity index (χ3v) is 0.646. The van der Waals surface area contributed by atoms with Gasteiger partial charge in [0.15, 0.2) is 0 Å². The fraction of sp³-hybridized carbons (Fsp3) is 1.00. The summed E-state index contributed by atoms with van der Waals surface area (Å²) in [5.74, 6) is 0. The van der Waals surface area contributed by atoms with Crippen LogP contribution in [0.15, 0.2) is 0 Å². The number of halogens is 3. The minimum Gasteiger partial charge on any atom is -0.370 e.